The monoisotopic (exact) mass is 544 g/mol. The summed E-state index contributed by atoms with van der Waals surface area (Å²) in [7, 11) is 3.50. The molecule has 8 heteroatoms. The molecule has 0 radical (unpaired) electrons. The number of anilines is 1. The van der Waals surface area contributed by atoms with Gasteiger partial charge in [0.2, 0.25) is 0 Å². The topological polar surface area (TPSA) is 58.1 Å². The van der Waals surface area contributed by atoms with E-state index < -0.39 is 0 Å². The number of nitrogens with one attached hydrogen (secondary N) is 2. The van der Waals surface area contributed by atoms with Crippen LogP contribution in [-0.4, -0.2) is 57.4 Å². The zero-order valence-corrected chi connectivity index (χ0v) is 21.2. The van der Waals surface area contributed by atoms with Crippen molar-refractivity contribution in [3.63, 3.8) is 0 Å². The lowest BCUT2D eigenvalue weighted by Crippen LogP contribution is -2.45. The first-order valence-electron chi connectivity index (χ1n) is 10.2. The fraction of sp³-hybridized carbons (Fsp3) is 0.500. The maximum absolute atomic E-state index is 5.78. The molecule has 3 rings (SSSR count). The highest BCUT2D eigenvalue weighted by molar-refractivity contribution is 14.0. The lowest BCUT2D eigenvalue weighted by Gasteiger charge is -2.32. The first-order chi connectivity index (χ1) is 14.2. The van der Waals surface area contributed by atoms with Gasteiger partial charge in [0, 0.05) is 69.5 Å². The smallest absolute Gasteiger partial charge is 0.195 e. The molecule has 1 atom stereocenters. The van der Waals surface area contributed by atoms with Gasteiger partial charge in [-0.05, 0) is 42.5 Å². The van der Waals surface area contributed by atoms with Gasteiger partial charge in [0.05, 0.1) is 6.61 Å². The fourth-order valence-corrected chi connectivity index (χ4v) is 4.28. The quantitative estimate of drug-likeness (QED) is 0.214. The third kappa shape index (κ3) is 7.40. The van der Waals surface area contributed by atoms with Crippen molar-refractivity contribution < 1.29 is 9.47 Å². The summed E-state index contributed by atoms with van der Waals surface area (Å²) in [5.41, 5.74) is 2.44. The Hall–Kier alpha value is -1.36. The largest absolute Gasteiger partial charge is 0.493 e. The first-order valence-corrected chi connectivity index (χ1v) is 11.1. The Labute approximate surface area is 201 Å². The van der Waals surface area contributed by atoms with Crippen molar-refractivity contribution in [3.8, 4) is 5.75 Å². The lowest BCUT2D eigenvalue weighted by molar-refractivity contribution is 0.172. The highest BCUT2D eigenvalue weighted by atomic mass is 127. The van der Waals surface area contributed by atoms with Gasteiger partial charge < -0.3 is 20.1 Å². The van der Waals surface area contributed by atoms with Gasteiger partial charge in [0.15, 0.2) is 5.96 Å². The van der Waals surface area contributed by atoms with Crippen LogP contribution in [0, 0.1) is 0 Å². The average Bonchev–Trinajstić information content (AvgIpc) is 3.22. The molecule has 30 heavy (non-hydrogen) atoms. The van der Waals surface area contributed by atoms with E-state index in [-0.39, 0.29) is 24.0 Å². The fourth-order valence-electron chi connectivity index (χ4n) is 3.39. The molecule has 166 valence electrons. The SMILES string of the molecule is CN=C(NCC(C)N1CCc2sccc2C1)Nc1cccc(OCCCOC)c1.I. The molecule has 1 aromatic carbocycles. The molecule has 2 N–H and O–H groups in total. The molecule has 2 aromatic rings. The highest BCUT2D eigenvalue weighted by Crippen LogP contribution is 2.25. The van der Waals surface area contributed by atoms with Crippen LogP contribution < -0.4 is 15.4 Å². The summed E-state index contributed by atoms with van der Waals surface area (Å²) in [6.07, 6.45) is 2.03. The van der Waals surface area contributed by atoms with Gasteiger partial charge in [0.25, 0.3) is 0 Å². The van der Waals surface area contributed by atoms with Crippen molar-refractivity contribution in [2.24, 2.45) is 4.99 Å². The summed E-state index contributed by atoms with van der Waals surface area (Å²) in [5, 5.41) is 9.02. The summed E-state index contributed by atoms with van der Waals surface area (Å²) in [4.78, 5) is 8.44. The maximum atomic E-state index is 5.78. The number of ether oxygens (including phenoxy) is 2. The molecule has 1 unspecified atom stereocenters. The number of fused-ring (bicyclic) bond motifs is 1. The second kappa shape index (κ2) is 13.1. The number of aliphatic imine (C=N–C) groups is 1. The van der Waals surface area contributed by atoms with Crippen LogP contribution in [0.1, 0.15) is 23.8 Å². The van der Waals surface area contributed by atoms with Crippen molar-refractivity contribution in [1.29, 1.82) is 0 Å². The van der Waals surface area contributed by atoms with Gasteiger partial charge in [-0.3, -0.25) is 9.89 Å². The predicted molar refractivity (Wildman–Crippen MR) is 137 cm³/mol. The molecule has 0 saturated carbocycles. The van der Waals surface area contributed by atoms with E-state index in [9.17, 15) is 0 Å². The Morgan fingerprint density at radius 3 is 2.97 bits per heavy atom. The van der Waals surface area contributed by atoms with E-state index in [2.05, 4.69) is 38.9 Å². The lowest BCUT2D eigenvalue weighted by atomic mass is 10.1. The van der Waals surface area contributed by atoms with Crippen molar-refractivity contribution in [2.75, 3.05) is 45.8 Å². The van der Waals surface area contributed by atoms with Crippen LogP contribution >= 0.6 is 35.3 Å². The zero-order chi connectivity index (χ0) is 20.5. The van der Waals surface area contributed by atoms with Gasteiger partial charge in [-0.15, -0.1) is 35.3 Å². The number of halogens is 1. The number of hydrogen-bond donors (Lipinski definition) is 2. The first kappa shape index (κ1) is 24.9. The van der Waals surface area contributed by atoms with E-state index in [4.69, 9.17) is 9.47 Å². The van der Waals surface area contributed by atoms with Gasteiger partial charge in [0.1, 0.15) is 5.75 Å². The molecule has 0 fully saturated rings. The number of thiophene rings is 1. The minimum atomic E-state index is 0. The number of methoxy groups -OCH3 is 1. The second-order valence-electron chi connectivity index (χ2n) is 7.24. The van der Waals surface area contributed by atoms with Gasteiger partial charge in [-0.2, -0.15) is 0 Å². The highest BCUT2D eigenvalue weighted by Gasteiger charge is 2.21. The molecule has 0 bridgehead atoms. The number of guanidine groups is 1. The summed E-state index contributed by atoms with van der Waals surface area (Å²) < 4.78 is 10.8. The zero-order valence-electron chi connectivity index (χ0n) is 18.0. The molecule has 0 amide bonds. The molecule has 0 spiro atoms. The van der Waals surface area contributed by atoms with Crippen molar-refractivity contribution >= 4 is 47.0 Å². The average molecular weight is 545 g/mol. The Balaban J connectivity index is 0.00000320. The number of rotatable bonds is 9. The van der Waals surface area contributed by atoms with Crippen molar-refractivity contribution in [3.05, 3.63) is 46.2 Å². The van der Waals surface area contributed by atoms with E-state index in [0.717, 1.165) is 49.9 Å². The van der Waals surface area contributed by atoms with E-state index in [0.29, 0.717) is 19.3 Å². The molecule has 0 saturated heterocycles. The van der Waals surface area contributed by atoms with Crippen LogP contribution in [-0.2, 0) is 17.7 Å². The molecule has 1 aliphatic heterocycles. The molecule has 0 aliphatic carbocycles. The molecule has 6 nitrogen and oxygen atoms in total. The third-order valence-corrected chi connectivity index (χ3v) is 6.13. The standard InChI is InChI=1S/C22H32N4O2S.HI/c1-17(26-10-8-21-18(16-26)9-13-29-21)15-24-22(23-2)25-19-6-4-7-20(14-19)28-12-5-11-27-3;/h4,6-7,9,13-14,17H,5,8,10-12,15-16H2,1-3H3,(H2,23,24,25);1H. The molecule has 1 aliphatic rings. The Morgan fingerprint density at radius 1 is 1.30 bits per heavy atom. The second-order valence-corrected chi connectivity index (χ2v) is 8.24. The molecular weight excluding hydrogens is 511 g/mol. The number of hydrogen-bond acceptors (Lipinski definition) is 5. The van der Waals surface area contributed by atoms with Crippen LogP contribution in [0.2, 0.25) is 0 Å². The van der Waals surface area contributed by atoms with E-state index >= 15 is 0 Å². The minimum absolute atomic E-state index is 0. The van der Waals surface area contributed by atoms with Crippen molar-refractivity contribution in [1.82, 2.24) is 10.2 Å². The van der Waals surface area contributed by atoms with Crippen LogP contribution in [0.25, 0.3) is 0 Å². The molecule has 2 heterocycles. The van der Waals surface area contributed by atoms with Crippen LogP contribution in [0.3, 0.4) is 0 Å². The van der Waals surface area contributed by atoms with Crippen LogP contribution in [0.4, 0.5) is 5.69 Å². The van der Waals surface area contributed by atoms with E-state index in [1.54, 1.807) is 19.0 Å². The normalized spacial score (nSPS) is 15.1. The molecule has 1 aromatic heterocycles. The number of nitrogens with zero attached hydrogens (tertiary/aromatic N) is 2. The van der Waals surface area contributed by atoms with Gasteiger partial charge in [-0.1, -0.05) is 6.07 Å². The van der Waals surface area contributed by atoms with Gasteiger partial charge >= 0.3 is 0 Å². The van der Waals surface area contributed by atoms with Crippen LogP contribution in [0.5, 0.6) is 5.75 Å². The van der Waals surface area contributed by atoms with E-state index in [1.165, 1.54) is 5.56 Å². The summed E-state index contributed by atoms with van der Waals surface area (Å²) in [6, 6.07) is 10.6. The van der Waals surface area contributed by atoms with Crippen molar-refractivity contribution in [2.45, 2.75) is 32.4 Å². The minimum Gasteiger partial charge on any atom is -0.493 e. The summed E-state index contributed by atoms with van der Waals surface area (Å²) >= 11 is 1.88. The van der Waals surface area contributed by atoms with E-state index in [1.807, 2.05) is 35.6 Å². The summed E-state index contributed by atoms with van der Waals surface area (Å²) in [5.74, 6) is 1.61. The third-order valence-electron chi connectivity index (χ3n) is 5.11. The molecular formula is C22H33IN4O2S. The summed E-state index contributed by atoms with van der Waals surface area (Å²) in [6.45, 7) is 6.61. The van der Waals surface area contributed by atoms with Crippen LogP contribution in [0.15, 0.2) is 40.7 Å². The Bertz CT molecular complexity index is 799. The Morgan fingerprint density at radius 2 is 2.17 bits per heavy atom. The predicted octanol–water partition coefficient (Wildman–Crippen LogP) is 4.22. The maximum Gasteiger partial charge on any atom is 0.195 e. The van der Waals surface area contributed by atoms with Gasteiger partial charge in [-0.25, -0.2) is 0 Å². The Kier molecular flexibility index (Phi) is 10.9. The number of benzene rings is 1.